The van der Waals surface area contributed by atoms with Crippen molar-refractivity contribution in [3.8, 4) is 5.75 Å². The van der Waals surface area contributed by atoms with Crippen molar-refractivity contribution < 1.29 is 15.0 Å². The normalized spacial score (nSPS) is 10.4. The van der Waals surface area contributed by atoms with Gasteiger partial charge in [-0.2, -0.15) is 0 Å². The highest BCUT2D eigenvalue weighted by Crippen LogP contribution is 2.24. The summed E-state index contributed by atoms with van der Waals surface area (Å²) in [7, 11) is 0. The molecule has 0 saturated heterocycles. The van der Waals surface area contributed by atoms with E-state index in [4.69, 9.17) is 5.11 Å². The summed E-state index contributed by atoms with van der Waals surface area (Å²) >= 11 is 0. The summed E-state index contributed by atoms with van der Waals surface area (Å²) in [5.74, 6) is 0.304. The van der Waals surface area contributed by atoms with E-state index in [2.05, 4.69) is 11.9 Å². The maximum absolute atomic E-state index is 11.8. The third kappa shape index (κ3) is 7.72. The lowest BCUT2D eigenvalue weighted by atomic mass is 10.1. The molecule has 3 N–H and O–H groups in total. The minimum absolute atomic E-state index is 0.0579. The second kappa shape index (κ2) is 9.87. The Morgan fingerprint density at radius 2 is 1.68 bits per heavy atom. The summed E-state index contributed by atoms with van der Waals surface area (Å²) in [6.45, 7) is 5.38. The van der Waals surface area contributed by atoms with Gasteiger partial charge in [0.1, 0.15) is 5.75 Å². The van der Waals surface area contributed by atoms with E-state index in [-0.39, 0.29) is 17.4 Å². The standard InChI is InChI=1S/C18H27NO3/c1-14-11-12-17(21)16(13-14)19-18(22)10-8-6-4-3-5-7-9-15(2)20/h11-13,20-21H,2-10H2,1H3,(H,19,22). The van der Waals surface area contributed by atoms with Gasteiger partial charge in [-0.25, -0.2) is 0 Å². The van der Waals surface area contributed by atoms with Crippen LogP contribution in [0.25, 0.3) is 0 Å². The van der Waals surface area contributed by atoms with Crippen molar-refractivity contribution in [1.29, 1.82) is 0 Å². The van der Waals surface area contributed by atoms with Crippen molar-refractivity contribution in [2.24, 2.45) is 0 Å². The first kappa shape index (κ1) is 18.1. The van der Waals surface area contributed by atoms with Gasteiger partial charge in [0.05, 0.1) is 11.4 Å². The molecule has 1 aromatic rings. The van der Waals surface area contributed by atoms with Crippen LogP contribution < -0.4 is 5.32 Å². The van der Waals surface area contributed by atoms with Crippen LogP contribution in [0.2, 0.25) is 0 Å². The molecule has 0 aliphatic rings. The number of unbranched alkanes of at least 4 members (excludes halogenated alkanes) is 5. The van der Waals surface area contributed by atoms with E-state index in [1.807, 2.05) is 6.92 Å². The molecule has 0 aromatic heterocycles. The Kier molecular flexibility index (Phi) is 8.11. The fraction of sp³-hybridized carbons (Fsp3) is 0.500. The number of aliphatic hydroxyl groups is 1. The van der Waals surface area contributed by atoms with E-state index in [1.165, 1.54) is 0 Å². The van der Waals surface area contributed by atoms with Crippen LogP contribution in [0.5, 0.6) is 5.75 Å². The SMILES string of the molecule is C=C(O)CCCCCCCCC(=O)Nc1cc(C)ccc1O. The second-order valence-electron chi connectivity index (χ2n) is 5.76. The van der Waals surface area contributed by atoms with Crippen LogP contribution >= 0.6 is 0 Å². The monoisotopic (exact) mass is 305 g/mol. The molecular formula is C18H27NO3. The zero-order chi connectivity index (χ0) is 16.4. The molecule has 0 atom stereocenters. The van der Waals surface area contributed by atoms with Gasteiger partial charge in [-0.05, 0) is 37.5 Å². The maximum atomic E-state index is 11.8. The molecule has 0 aliphatic heterocycles. The van der Waals surface area contributed by atoms with Crippen molar-refractivity contribution in [1.82, 2.24) is 0 Å². The van der Waals surface area contributed by atoms with Gasteiger partial charge in [-0.1, -0.05) is 38.3 Å². The average molecular weight is 305 g/mol. The summed E-state index contributed by atoms with van der Waals surface area (Å²) in [5, 5.41) is 21.4. The minimum atomic E-state index is -0.0579. The van der Waals surface area contributed by atoms with Gasteiger partial charge >= 0.3 is 0 Å². The maximum Gasteiger partial charge on any atom is 0.224 e. The smallest absolute Gasteiger partial charge is 0.224 e. The predicted octanol–water partition coefficient (Wildman–Crippen LogP) is 4.83. The van der Waals surface area contributed by atoms with E-state index >= 15 is 0 Å². The lowest BCUT2D eigenvalue weighted by Gasteiger charge is -2.08. The lowest BCUT2D eigenvalue weighted by Crippen LogP contribution is -2.11. The molecule has 0 aliphatic carbocycles. The van der Waals surface area contributed by atoms with Crippen molar-refractivity contribution in [2.75, 3.05) is 5.32 Å². The highest BCUT2D eigenvalue weighted by atomic mass is 16.3. The van der Waals surface area contributed by atoms with Crippen LogP contribution in [0.3, 0.4) is 0 Å². The highest BCUT2D eigenvalue weighted by molar-refractivity contribution is 5.92. The van der Waals surface area contributed by atoms with Crippen molar-refractivity contribution in [3.63, 3.8) is 0 Å². The van der Waals surface area contributed by atoms with E-state index in [0.29, 0.717) is 18.5 Å². The molecule has 0 saturated carbocycles. The highest BCUT2D eigenvalue weighted by Gasteiger charge is 2.06. The number of aryl methyl sites for hydroxylation is 1. The van der Waals surface area contributed by atoms with Crippen LogP contribution in [-0.2, 0) is 4.79 Å². The fourth-order valence-corrected chi connectivity index (χ4v) is 2.28. The van der Waals surface area contributed by atoms with Gasteiger partial charge in [0.2, 0.25) is 5.91 Å². The summed E-state index contributed by atoms with van der Waals surface area (Å²) in [6.07, 6.45) is 7.31. The molecule has 0 heterocycles. The summed E-state index contributed by atoms with van der Waals surface area (Å²) in [4.78, 5) is 11.8. The lowest BCUT2D eigenvalue weighted by molar-refractivity contribution is -0.116. The Bertz CT molecular complexity index is 497. The molecule has 22 heavy (non-hydrogen) atoms. The number of carbonyl (C=O) groups excluding carboxylic acids is 1. The van der Waals surface area contributed by atoms with Gasteiger partial charge in [-0.3, -0.25) is 4.79 Å². The largest absolute Gasteiger partial charge is 0.513 e. The summed E-state index contributed by atoms with van der Waals surface area (Å²) < 4.78 is 0. The van der Waals surface area contributed by atoms with Gasteiger partial charge < -0.3 is 15.5 Å². The Hall–Kier alpha value is -1.97. The van der Waals surface area contributed by atoms with Crippen molar-refractivity contribution >= 4 is 11.6 Å². The minimum Gasteiger partial charge on any atom is -0.513 e. The molecule has 0 radical (unpaired) electrons. The van der Waals surface area contributed by atoms with Crippen LogP contribution in [0.4, 0.5) is 5.69 Å². The molecule has 0 fully saturated rings. The van der Waals surface area contributed by atoms with Gasteiger partial charge in [0.25, 0.3) is 0 Å². The average Bonchev–Trinajstić information content (AvgIpc) is 2.45. The zero-order valence-corrected chi connectivity index (χ0v) is 13.4. The number of nitrogens with one attached hydrogen (secondary N) is 1. The molecule has 0 unspecified atom stereocenters. The number of phenolic OH excluding ortho intramolecular Hbond substituents is 1. The number of rotatable bonds is 10. The quantitative estimate of drug-likeness (QED) is 0.329. The van der Waals surface area contributed by atoms with Crippen LogP contribution in [0.1, 0.15) is 56.9 Å². The van der Waals surface area contributed by atoms with Crippen molar-refractivity contribution in [2.45, 2.75) is 58.3 Å². The molecule has 0 spiro atoms. The van der Waals surface area contributed by atoms with E-state index in [9.17, 15) is 9.90 Å². The molecule has 1 aromatic carbocycles. The molecule has 0 bridgehead atoms. The second-order valence-corrected chi connectivity index (χ2v) is 5.76. The molecule has 1 rings (SSSR count). The van der Waals surface area contributed by atoms with Crippen LogP contribution in [0, 0.1) is 6.92 Å². The Balaban J connectivity index is 2.11. The molecular weight excluding hydrogens is 278 g/mol. The molecule has 122 valence electrons. The number of phenols is 1. The number of hydrogen-bond donors (Lipinski definition) is 3. The number of benzene rings is 1. The fourth-order valence-electron chi connectivity index (χ4n) is 2.28. The molecule has 4 heteroatoms. The predicted molar refractivity (Wildman–Crippen MR) is 90.2 cm³/mol. The number of amides is 1. The van der Waals surface area contributed by atoms with Crippen LogP contribution in [0.15, 0.2) is 30.5 Å². The number of carbonyl (C=O) groups is 1. The van der Waals surface area contributed by atoms with E-state index in [1.54, 1.807) is 18.2 Å². The first-order valence-electron chi connectivity index (χ1n) is 7.95. The first-order chi connectivity index (χ1) is 10.5. The van der Waals surface area contributed by atoms with Gasteiger partial charge in [0.15, 0.2) is 0 Å². The zero-order valence-electron chi connectivity index (χ0n) is 13.4. The topological polar surface area (TPSA) is 69.6 Å². The Labute approximate surface area is 132 Å². The number of aliphatic hydroxyl groups excluding tert-OH is 1. The van der Waals surface area contributed by atoms with Gasteiger partial charge in [0, 0.05) is 12.8 Å². The van der Waals surface area contributed by atoms with Crippen molar-refractivity contribution in [3.05, 3.63) is 36.1 Å². The number of hydrogen-bond acceptors (Lipinski definition) is 3. The van der Waals surface area contributed by atoms with E-state index in [0.717, 1.165) is 44.1 Å². The third-order valence-corrected chi connectivity index (χ3v) is 3.55. The molecule has 1 amide bonds. The third-order valence-electron chi connectivity index (χ3n) is 3.55. The number of allylic oxidation sites excluding steroid dienone is 1. The number of aromatic hydroxyl groups is 1. The molecule has 4 nitrogen and oxygen atoms in total. The Morgan fingerprint density at radius 3 is 2.32 bits per heavy atom. The van der Waals surface area contributed by atoms with Gasteiger partial charge in [-0.15, -0.1) is 0 Å². The summed E-state index contributed by atoms with van der Waals surface area (Å²) in [5.41, 5.74) is 1.48. The first-order valence-corrected chi connectivity index (χ1v) is 7.95. The van der Waals surface area contributed by atoms with E-state index < -0.39 is 0 Å². The van der Waals surface area contributed by atoms with Crippen LogP contribution in [-0.4, -0.2) is 16.1 Å². The Morgan fingerprint density at radius 1 is 1.09 bits per heavy atom. The number of anilines is 1. The summed E-state index contributed by atoms with van der Waals surface area (Å²) in [6, 6.07) is 5.16.